The Morgan fingerprint density at radius 1 is 1.26 bits per heavy atom. The van der Waals surface area contributed by atoms with Gasteiger partial charge in [-0.15, -0.1) is 11.3 Å². The molecular weight excluding hydrogens is 418 g/mol. The molecule has 1 fully saturated rings. The third-order valence-electron chi connectivity index (χ3n) is 5.52. The number of aromatic nitrogens is 4. The largest absolute Gasteiger partial charge is 0.378 e. The average molecular weight is 444 g/mol. The molecule has 31 heavy (non-hydrogen) atoms. The van der Waals surface area contributed by atoms with Crippen molar-refractivity contribution in [1.82, 2.24) is 25.4 Å². The maximum absolute atomic E-state index is 11.5. The minimum absolute atomic E-state index is 0.181. The molecule has 1 aliphatic rings. The van der Waals surface area contributed by atoms with Crippen LogP contribution < -0.4 is 15.3 Å². The molecule has 0 unspecified atom stereocenters. The average Bonchev–Trinajstić information content (AvgIpc) is 3.23. The molecule has 0 aliphatic carbocycles. The van der Waals surface area contributed by atoms with Gasteiger partial charge in [-0.2, -0.15) is 0 Å². The summed E-state index contributed by atoms with van der Waals surface area (Å²) in [6.07, 6.45) is 2.77. The summed E-state index contributed by atoms with van der Waals surface area (Å²) in [5.74, 6) is 1.51. The molecule has 0 radical (unpaired) electrons. The van der Waals surface area contributed by atoms with E-state index in [0.717, 1.165) is 39.8 Å². The normalized spacial score (nSPS) is 14.7. The highest BCUT2D eigenvalue weighted by Gasteiger charge is 2.31. The number of morpholine rings is 1. The zero-order chi connectivity index (χ0) is 22.2. The van der Waals surface area contributed by atoms with E-state index in [0.29, 0.717) is 19.2 Å². The number of anilines is 2. The Labute approximate surface area is 183 Å². The highest BCUT2D eigenvalue weighted by Crippen LogP contribution is 2.40. The van der Waals surface area contributed by atoms with Crippen molar-refractivity contribution < 1.29 is 14.7 Å². The number of nitrogens with zero attached hydrogens (tertiary/aromatic N) is 6. The number of rotatable bonds is 5. The summed E-state index contributed by atoms with van der Waals surface area (Å²) in [5, 5.41) is 8.76. The molecule has 11 heteroatoms. The van der Waals surface area contributed by atoms with E-state index in [9.17, 15) is 4.79 Å². The zero-order valence-corrected chi connectivity index (χ0v) is 18.7. The van der Waals surface area contributed by atoms with Crippen LogP contribution in [0.3, 0.4) is 0 Å². The second-order valence-electron chi connectivity index (χ2n) is 7.85. The lowest BCUT2D eigenvalue weighted by molar-refractivity contribution is 0.0705. The van der Waals surface area contributed by atoms with Crippen molar-refractivity contribution in [2.75, 3.05) is 43.2 Å². The van der Waals surface area contributed by atoms with Crippen LogP contribution in [0.5, 0.6) is 0 Å². The Morgan fingerprint density at radius 2 is 1.94 bits per heavy atom. The Balaban J connectivity index is 1.68. The summed E-state index contributed by atoms with van der Waals surface area (Å²) in [5.41, 5.74) is 2.24. The fourth-order valence-corrected chi connectivity index (χ4v) is 4.66. The van der Waals surface area contributed by atoms with Crippen molar-refractivity contribution in [3.63, 3.8) is 0 Å². The Bertz CT molecular complexity index is 1090. The highest BCUT2D eigenvalue weighted by atomic mass is 32.1. The van der Waals surface area contributed by atoms with Crippen molar-refractivity contribution >= 4 is 39.2 Å². The number of aryl methyl sites for hydroxylation is 1. The van der Waals surface area contributed by atoms with Crippen LogP contribution >= 0.6 is 11.3 Å². The molecule has 0 spiro atoms. The SMILES string of the molecule is Cc1nc(N2CCOCC2)c2sc(C(C)(C)N(C)c3ncc(C(=O)NO)cn3)cc2n1. The van der Waals surface area contributed by atoms with Crippen LogP contribution in [0, 0.1) is 6.92 Å². The second-order valence-corrected chi connectivity index (χ2v) is 8.90. The second kappa shape index (κ2) is 8.33. The highest BCUT2D eigenvalue weighted by molar-refractivity contribution is 7.19. The maximum Gasteiger partial charge on any atom is 0.277 e. The van der Waals surface area contributed by atoms with Crippen LogP contribution in [0.2, 0.25) is 0 Å². The monoisotopic (exact) mass is 443 g/mol. The van der Waals surface area contributed by atoms with E-state index in [1.807, 2.05) is 18.9 Å². The van der Waals surface area contributed by atoms with Gasteiger partial charge in [0.15, 0.2) is 5.82 Å². The molecule has 10 nitrogen and oxygen atoms in total. The fraction of sp³-hybridized carbons (Fsp3) is 0.450. The Morgan fingerprint density at radius 3 is 2.58 bits per heavy atom. The van der Waals surface area contributed by atoms with E-state index in [1.165, 1.54) is 12.4 Å². The minimum Gasteiger partial charge on any atom is -0.378 e. The number of hydrogen-bond donors (Lipinski definition) is 2. The molecule has 2 N–H and O–H groups in total. The summed E-state index contributed by atoms with van der Waals surface area (Å²) in [4.78, 5) is 34.8. The number of carbonyl (C=O) groups excluding carboxylic acids is 1. The molecule has 164 valence electrons. The van der Waals surface area contributed by atoms with Crippen LogP contribution in [0.1, 0.15) is 34.9 Å². The molecule has 0 bridgehead atoms. The lowest BCUT2D eigenvalue weighted by Crippen LogP contribution is -2.39. The Kier molecular flexibility index (Phi) is 5.73. The van der Waals surface area contributed by atoms with Crippen LogP contribution in [0.15, 0.2) is 18.5 Å². The molecule has 4 heterocycles. The molecule has 0 atom stereocenters. The molecule has 3 aromatic heterocycles. The van der Waals surface area contributed by atoms with Crippen LogP contribution in [-0.4, -0.2) is 64.4 Å². The van der Waals surface area contributed by atoms with Crippen LogP contribution in [0.25, 0.3) is 10.2 Å². The molecule has 1 amide bonds. The third kappa shape index (κ3) is 4.03. The topological polar surface area (TPSA) is 117 Å². The molecule has 1 saturated heterocycles. The van der Waals surface area contributed by atoms with E-state index in [1.54, 1.807) is 16.8 Å². The van der Waals surface area contributed by atoms with Gasteiger partial charge in [-0.1, -0.05) is 0 Å². The maximum atomic E-state index is 11.5. The van der Waals surface area contributed by atoms with Gasteiger partial charge < -0.3 is 14.5 Å². The molecule has 3 aromatic rings. The van der Waals surface area contributed by atoms with Crippen molar-refractivity contribution in [2.24, 2.45) is 0 Å². The third-order valence-corrected chi connectivity index (χ3v) is 6.95. The van der Waals surface area contributed by atoms with Gasteiger partial charge in [0.25, 0.3) is 5.91 Å². The standard InChI is InChI=1S/C20H25N7O3S/c1-12-23-14-9-15(31-16(14)17(24-12)27-5-7-30-8-6-27)20(2,3)26(4)19-21-10-13(11-22-19)18(28)25-29/h9-11,29H,5-8H2,1-4H3,(H,25,28). The quantitative estimate of drug-likeness (QED) is 0.452. The predicted molar refractivity (Wildman–Crippen MR) is 118 cm³/mol. The van der Waals surface area contributed by atoms with Gasteiger partial charge in [-0.25, -0.2) is 25.4 Å². The summed E-state index contributed by atoms with van der Waals surface area (Å²) in [6.45, 7) is 9.09. The number of ether oxygens (including phenoxy) is 1. The van der Waals surface area contributed by atoms with Gasteiger partial charge in [0.1, 0.15) is 5.82 Å². The summed E-state index contributed by atoms with van der Waals surface area (Å²) in [6, 6.07) is 2.10. The summed E-state index contributed by atoms with van der Waals surface area (Å²) < 4.78 is 6.55. The van der Waals surface area contributed by atoms with Gasteiger partial charge >= 0.3 is 0 Å². The van der Waals surface area contributed by atoms with Gasteiger partial charge in [-0.05, 0) is 26.8 Å². The number of thiophene rings is 1. The molecule has 0 saturated carbocycles. The number of carbonyl (C=O) groups is 1. The van der Waals surface area contributed by atoms with Gasteiger partial charge in [0.05, 0.1) is 34.5 Å². The van der Waals surface area contributed by atoms with E-state index in [4.69, 9.17) is 14.9 Å². The minimum atomic E-state index is -0.650. The first-order valence-corrected chi connectivity index (χ1v) is 10.7. The van der Waals surface area contributed by atoms with Gasteiger partial charge in [0.2, 0.25) is 5.95 Å². The zero-order valence-electron chi connectivity index (χ0n) is 17.9. The first kappa shape index (κ1) is 21.3. The van der Waals surface area contributed by atoms with Crippen molar-refractivity contribution in [1.29, 1.82) is 0 Å². The predicted octanol–water partition coefficient (Wildman–Crippen LogP) is 2.12. The number of hydrogen-bond acceptors (Lipinski definition) is 10. The number of hydroxylamine groups is 1. The van der Waals surface area contributed by atoms with Crippen molar-refractivity contribution in [2.45, 2.75) is 26.3 Å². The summed E-state index contributed by atoms with van der Waals surface area (Å²) in [7, 11) is 1.91. The van der Waals surface area contributed by atoms with Crippen molar-refractivity contribution in [3.05, 3.63) is 34.7 Å². The molecule has 0 aromatic carbocycles. The van der Waals surface area contributed by atoms with Gasteiger partial charge in [0, 0.05) is 37.4 Å². The van der Waals surface area contributed by atoms with E-state index in [2.05, 4.69) is 39.8 Å². The molecular formula is C20H25N7O3S. The first-order chi connectivity index (χ1) is 14.8. The van der Waals surface area contributed by atoms with Crippen LogP contribution in [-0.2, 0) is 10.3 Å². The summed E-state index contributed by atoms with van der Waals surface area (Å²) >= 11 is 1.67. The lowest BCUT2D eigenvalue weighted by Gasteiger charge is -2.34. The van der Waals surface area contributed by atoms with Crippen LogP contribution in [0.4, 0.5) is 11.8 Å². The number of amides is 1. The molecule has 1 aliphatic heterocycles. The fourth-order valence-electron chi connectivity index (χ4n) is 3.41. The van der Waals surface area contributed by atoms with Gasteiger partial charge in [-0.3, -0.25) is 10.0 Å². The lowest BCUT2D eigenvalue weighted by atomic mass is 10.0. The first-order valence-electron chi connectivity index (χ1n) is 9.93. The van der Waals surface area contributed by atoms with E-state index in [-0.39, 0.29) is 5.56 Å². The number of fused-ring (bicyclic) bond motifs is 1. The molecule has 4 rings (SSSR count). The number of nitrogens with one attached hydrogen (secondary N) is 1. The van der Waals surface area contributed by atoms with E-state index >= 15 is 0 Å². The Hall–Kier alpha value is -2.89. The smallest absolute Gasteiger partial charge is 0.277 e. The van der Waals surface area contributed by atoms with Crippen molar-refractivity contribution in [3.8, 4) is 0 Å². The van der Waals surface area contributed by atoms with E-state index < -0.39 is 11.4 Å².